The quantitative estimate of drug-likeness (QED) is 0.903. The summed E-state index contributed by atoms with van der Waals surface area (Å²) in [6.45, 7) is 4.22. The zero-order valence-electron chi connectivity index (χ0n) is 11.8. The fourth-order valence-electron chi connectivity index (χ4n) is 1.95. The molecule has 2 rings (SSSR count). The first-order valence-electron chi connectivity index (χ1n) is 6.64. The van der Waals surface area contributed by atoms with Crippen molar-refractivity contribution in [3.63, 3.8) is 0 Å². The van der Waals surface area contributed by atoms with E-state index in [2.05, 4.69) is 53.4 Å². The van der Waals surface area contributed by atoms with Gasteiger partial charge in [0.05, 0.1) is 0 Å². The second kappa shape index (κ2) is 6.16. The van der Waals surface area contributed by atoms with Gasteiger partial charge in [0.2, 0.25) is 5.95 Å². The predicted molar refractivity (Wildman–Crippen MR) is 79.2 cm³/mol. The molecule has 0 atom stereocenters. The molecule has 0 aliphatic carbocycles. The van der Waals surface area contributed by atoms with Crippen LogP contribution in [0.15, 0.2) is 42.6 Å². The predicted octanol–water partition coefficient (Wildman–Crippen LogP) is 3.17. The molecule has 0 fully saturated rings. The molecule has 0 bridgehead atoms. The minimum Gasteiger partial charge on any atom is -0.349 e. The number of aromatic nitrogens is 2. The summed E-state index contributed by atoms with van der Waals surface area (Å²) in [6.07, 6.45) is 3.54. The van der Waals surface area contributed by atoms with E-state index < -0.39 is 0 Å². The smallest absolute Gasteiger partial charge is 0.224 e. The van der Waals surface area contributed by atoms with Crippen molar-refractivity contribution in [2.24, 2.45) is 0 Å². The molecule has 1 aromatic heterocycles. The number of rotatable bonds is 5. The largest absolute Gasteiger partial charge is 0.349 e. The maximum Gasteiger partial charge on any atom is 0.224 e. The van der Waals surface area contributed by atoms with Crippen LogP contribution >= 0.6 is 0 Å². The lowest BCUT2D eigenvalue weighted by atomic mass is 9.95. The van der Waals surface area contributed by atoms with Gasteiger partial charge in [0.1, 0.15) is 11.8 Å². The second-order valence-corrected chi connectivity index (χ2v) is 5.37. The Kier molecular flexibility index (Phi) is 4.31. The summed E-state index contributed by atoms with van der Waals surface area (Å²) < 4.78 is 0. The zero-order valence-corrected chi connectivity index (χ0v) is 11.8. The van der Waals surface area contributed by atoms with Crippen molar-refractivity contribution in [3.05, 3.63) is 53.9 Å². The Hall–Kier alpha value is -2.41. The lowest BCUT2D eigenvalue weighted by Gasteiger charge is -2.26. The van der Waals surface area contributed by atoms with E-state index in [1.165, 1.54) is 5.56 Å². The summed E-state index contributed by atoms with van der Waals surface area (Å²) in [4.78, 5) is 8.30. The first-order valence-corrected chi connectivity index (χ1v) is 6.64. The normalized spacial score (nSPS) is 10.8. The molecule has 0 saturated heterocycles. The van der Waals surface area contributed by atoms with Crippen LogP contribution in [0.2, 0.25) is 0 Å². The Bertz CT molecular complexity index is 599. The average Bonchev–Trinajstić information content (AvgIpc) is 2.46. The van der Waals surface area contributed by atoms with Crippen LogP contribution in [-0.4, -0.2) is 15.5 Å². The van der Waals surface area contributed by atoms with Crippen molar-refractivity contribution < 1.29 is 0 Å². The van der Waals surface area contributed by atoms with Crippen LogP contribution in [0.5, 0.6) is 0 Å². The fourth-order valence-corrected chi connectivity index (χ4v) is 1.95. The molecule has 4 heteroatoms. The first-order chi connectivity index (χ1) is 9.59. The van der Waals surface area contributed by atoms with Gasteiger partial charge in [-0.1, -0.05) is 30.3 Å². The van der Waals surface area contributed by atoms with Gasteiger partial charge in [0.15, 0.2) is 0 Å². The van der Waals surface area contributed by atoms with Crippen molar-refractivity contribution in [2.45, 2.75) is 32.2 Å². The minimum absolute atomic E-state index is 0.135. The molecule has 4 nitrogen and oxygen atoms in total. The number of nitrogens with one attached hydrogen (secondary N) is 1. The van der Waals surface area contributed by atoms with Crippen LogP contribution < -0.4 is 5.32 Å². The van der Waals surface area contributed by atoms with Crippen molar-refractivity contribution in [1.29, 1.82) is 5.26 Å². The molecular formula is C16H18N4. The average molecular weight is 266 g/mol. The molecule has 1 aromatic carbocycles. The van der Waals surface area contributed by atoms with Crippen LogP contribution in [-0.2, 0) is 6.42 Å². The van der Waals surface area contributed by atoms with Crippen LogP contribution in [0.25, 0.3) is 0 Å². The summed E-state index contributed by atoms with van der Waals surface area (Å²) in [7, 11) is 0. The van der Waals surface area contributed by atoms with E-state index in [-0.39, 0.29) is 5.54 Å². The number of hydrogen-bond acceptors (Lipinski definition) is 4. The van der Waals surface area contributed by atoms with Crippen LogP contribution in [0.4, 0.5) is 5.95 Å². The molecule has 0 aliphatic heterocycles. The Morgan fingerprint density at radius 3 is 2.65 bits per heavy atom. The van der Waals surface area contributed by atoms with Crippen LogP contribution in [0.1, 0.15) is 31.5 Å². The molecule has 1 N–H and O–H groups in total. The maximum absolute atomic E-state index is 8.84. The Labute approximate surface area is 119 Å². The maximum atomic E-state index is 8.84. The summed E-state index contributed by atoms with van der Waals surface area (Å²) in [5.74, 6) is 0.502. The lowest BCUT2D eigenvalue weighted by molar-refractivity contribution is 0.514. The molecule has 0 saturated carbocycles. The van der Waals surface area contributed by atoms with Crippen molar-refractivity contribution >= 4 is 5.95 Å². The lowest BCUT2D eigenvalue weighted by Crippen LogP contribution is -2.32. The molecule has 0 spiro atoms. The van der Waals surface area contributed by atoms with Gasteiger partial charge in [-0.3, -0.25) is 0 Å². The molecule has 0 aliphatic rings. The van der Waals surface area contributed by atoms with E-state index in [4.69, 9.17) is 5.26 Å². The standard InChI is InChI=1S/C16H18N4/c1-16(2,10-8-13-6-4-3-5-7-13)20-15-18-11-9-14(12-17)19-15/h3-7,9,11H,8,10H2,1-2H3,(H,18,19,20). The SMILES string of the molecule is CC(C)(CCc1ccccc1)Nc1nccc(C#N)n1. The van der Waals surface area contributed by atoms with Gasteiger partial charge in [-0.05, 0) is 38.3 Å². The third-order valence-corrected chi connectivity index (χ3v) is 3.10. The Morgan fingerprint density at radius 2 is 1.95 bits per heavy atom. The molecular weight excluding hydrogens is 248 g/mol. The molecule has 0 unspecified atom stereocenters. The molecule has 0 amide bonds. The molecule has 20 heavy (non-hydrogen) atoms. The summed E-state index contributed by atoms with van der Waals surface area (Å²) in [5.41, 5.74) is 1.56. The van der Waals surface area contributed by atoms with Crippen LogP contribution in [0, 0.1) is 11.3 Å². The fraction of sp³-hybridized carbons (Fsp3) is 0.312. The molecule has 0 radical (unpaired) electrons. The van der Waals surface area contributed by atoms with E-state index in [9.17, 15) is 0 Å². The monoisotopic (exact) mass is 266 g/mol. The first kappa shape index (κ1) is 14.0. The van der Waals surface area contributed by atoms with Gasteiger partial charge < -0.3 is 5.32 Å². The van der Waals surface area contributed by atoms with Gasteiger partial charge in [0, 0.05) is 11.7 Å². The highest BCUT2D eigenvalue weighted by atomic mass is 15.1. The van der Waals surface area contributed by atoms with E-state index in [0.717, 1.165) is 12.8 Å². The topological polar surface area (TPSA) is 61.6 Å². The van der Waals surface area contributed by atoms with E-state index in [1.54, 1.807) is 12.3 Å². The van der Waals surface area contributed by atoms with Crippen molar-refractivity contribution in [3.8, 4) is 6.07 Å². The Balaban J connectivity index is 1.98. The highest BCUT2D eigenvalue weighted by Crippen LogP contribution is 2.18. The molecule has 102 valence electrons. The van der Waals surface area contributed by atoms with Gasteiger partial charge in [-0.25, -0.2) is 9.97 Å². The number of benzene rings is 1. The third kappa shape index (κ3) is 4.06. The van der Waals surface area contributed by atoms with Crippen LogP contribution in [0.3, 0.4) is 0 Å². The summed E-state index contributed by atoms with van der Waals surface area (Å²) in [6, 6.07) is 14.0. The van der Waals surface area contributed by atoms with Gasteiger partial charge in [-0.2, -0.15) is 5.26 Å². The van der Waals surface area contributed by atoms with Gasteiger partial charge in [-0.15, -0.1) is 0 Å². The third-order valence-electron chi connectivity index (χ3n) is 3.10. The highest BCUT2D eigenvalue weighted by molar-refractivity contribution is 5.32. The summed E-state index contributed by atoms with van der Waals surface area (Å²) in [5, 5.41) is 12.1. The number of anilines is 1. The molecule has 1 heterocycles. The second-order valence-electron chi connectivity index (χ2n) is 5.37. The highest BCUT2D eigenvalue weighted by Gasteiger charge is 2.18. The number of nitriles is 1. The van der Waals surface area contributed by atoms with E-state index in [0.29, 0.717) is 11.6 Å². The Morgan fingerprint density at radius 1 is 1.20 bits per heavy atom. The zero-order chi connectivity index (χ0) is 14.4. The molecule has 2 aromatic rings. The minimum atomic E-state index is -0.135. The number of aryl methyl sites for hydroxylation is 1. The van der Waals surface area contributed by atoms with E-state index in [1.807, 2.05) is 12.1 Å². The number of hydrogen-bond donors (Lipinski definition) is 1. The van der Waals surface area contributed by atoms with E-state index >= 15 is 0 Å². The number of nitrogens with zero attached hydrogens (tertiary/aromatic N) is 3. The van der Waals surface area contributed by atoms with Crippen molar-refractivity contribution in [2.75, 3.05) is 5.32 Å². The van der Waals surface area contributed by atoms with Crippen molar-refractivity contribution in [1.82, 2.24) is 9.97 Å². The summed E-state index contributed by atoms with van der Waals surface area (Å²) >= 11 is 0. The van der Waals surface area contributed by atoms with Gasteiger partial charge in [0.25, 0.3) is 0 Å². The van der Waals surface area contributed by atoms with Gasteiger partial charge >= 0.3 is 0 Å².